The summed E-state index contributed by atoms with van der Waals surface area (Å²) < 4.78 is 4.14. The number of benzene rings is 2. The molecule has 0 saturated heterocycles. The Morgan fingerprint density at radius 3 is 2.23 bits per heavy atom. The number of aryl methyl sites for hydroxylation is 1. The van der Waals surface area contributed by atoms with E-state index in [0.717, 1.165) is 15.7 Å². The third-order valence-electron chi connectivity index (χ3n) is 5.47. The van der Waals surface area contributed by atoms with Crippen LogP contribution in [0.25, 0.3) is 11.2 Å². The maximum absolute atomic E-state index is 13.0. The first-order chi connectivity index (χ1) is 14.9. The Morgan fingerprint density at radius 1 is 0.968 bits per heavy atom. The first kappa shape index (κ1) is 20.6. The van der Waals surface area contributed by atoms with Gasteiger partial charge in [-0.2, -0.15) is 4.98 Å². The predicted octanol–water partition coefficient (Wildman–Crippen LogP) is 1.80. The van der Waals surface area contributed by atoms with Crippen LogP contribution in [0.1, 0.15) is 17.2 Å². The van der Waals surface area contributed by atoms with E-state index in [2.05, 4.69) is 4.98 Å². The number of nitrogens with zero attached hydrogens (tertiary/aromatic N) is 5. The lowest BCUT2D eigenvalue weighted by atomic mass is 10.1. The first-order valence-corrected chi connectivity index (χ1v) is 10.0. The van der Waals surface area contributed by atoms with E-state index in [4.69, 9.17) is 0 Å². The number of hydrogen-bond donors (Lipinski definition) is 1. The van der Waals surface area contributed by atoms with Crippen LogP contribution in [0.2, 0.25) is 0 Å². The van der Waals surface area contributed by atoms with Crippen LogP contribution in [0, 0.1) is 0 Å². The maximum Gasteiger partial charge on any atom is 0.332 e. The van der Waals surface area contributed by atoms with Crippen molar-refractivity contribution in [1.82, 2.24) is 18.7 Å². The Balaban J connectivity index is 1.87. The van der Waals surface area contributed by atoms with E-state index in [-0.39, 0.29) is 12.1 Å². The average Bonchev–Trinajstić information content (AvgIpc) is 3.17. The van der Waals surface area contributed by atoms with Crippen molar-refractivity contribution in [3.8, 4) is 0 Å². The molecule has 0 aliphatic rings. The molecule has 1 N–H and O–H groups in total. The number of imidazole rings is 1. The van der Waals surface area contributed by atoms with Crippen LogP contribution < -0.4 is 16.1 Å². The van der Waals surface area contributed by atoms with Crippen molar-refractivity contribution in [1.29, 1.82) is 0 Å². The second kappa shape index (κ2) is 8.23. The molecular weight excluding hydrogens is 394 g/mol. The SMILES string of the molecule is CN(Cc1ccccc1)c1nc2c(c(=O)n(C)c(=O)n2C)n1C[C@@H](O)c1ccccc1. The van der Waals surface area contributed by atoms with E-state index in [1.54, 1.807) is 11.6 Å². The quantitative estimate of drug-likeness (QED) is 0.515. The van der Waals surface area contributed by atoms with Gasteiger partial charge in [0.05, 0.1) is 12.6 Å². The van der Waals surface area contributed by atoms with Crippen molar-refractivity contribution in [3.05, 3.63) is 92.6 Å². The summed E-state index contributed by atoms with van der Waals surface area (Å²) in [4.78, 5) is 32.0. The van der Waals surface area contributed by atoms with Crippen LogP contribution >= 0.6 is 0 Å². The molecule has 8 nitrogen and oxygen atoms in total. The zero-order valence-corrected chi connectivity index (χ0v) is 17.8. The second-order valence-electron chi connectivity index (χ2n) is 7.67. The highest BCUT2D eigenvalue weighted by Crippen LogP contribution is 2.24. The maximum atomic E-state index is 13.0. The van der Waals surface area contributed by atoms with E-state index in [0.29, 0.717) is 18.1 Å². The van der Waals surface area contributed by atoms with E-state index < -0.39 is 17.4 Å². The lowest BCUT2D eigenvalue weighted by Gasteiger charge is -2.21. The van der Waals surface area contributed by atoms with Gasteiger partial charge in [0.25, 0.3) is 5.56 Å². The van der Waals surface area contributed by atoms with E-state index in [1.165, 1.54) is 11.6 Å². The lowest BCUT2D eigenvalue weighted by Crippen LogP contribution is -2.37. The summed E-state index contributed by atoms with van der Waals surface area (Å²) in [6.07, 6.45) is -0.843. The van der Waals surface area contributed by atoms with Crippen molar-refractivity contribution >= 4 is 17.1 Å². The number of aliphatic hydroxyl groups is 1. The fourth-order valence-corrected chi connectivity index (χ4v) is 3.78. The van der Waals surface area contributed by atoms with E-state index >= 15 is 0 Å². The first-order valence-electron chi connectivity index (χ1n) is 10.0. The summed E-state index contributed by atoms with van der Waals surface area (Å²) >= 11 is 0. The largest absolute Gasteiger partial charge is 0.387 e. The average molecular weight is 419 g/mol. The van der Waals surface area contributed by atoms with Gasteiger partial charge in [-0.3, -0.25) is 13.9 Å². The Hall–Kier alpha value is -3.65. The monoisotopic (exact) mass is 419 g/mol. The minimum absolute atomic E-state index is 0.127. The highest BCUT2D eigenvalue weighted by molar-refractivity contribution is 5.74. The molecule has 2 aromatic heterocycles. The van der Waals surface area contributed by atoms with Gasteiger partial charge in [-0.1, -0.05) is 60.7 Å². The van der Waals surface area contributed by atoms with Gasteiger partial charge >= 0.3 is 5.69 Å². The number of hydrogen-bond acceptors (Lipinski definition) is 5. The molecule has 0 aliphatic heterocycles. The molecule has 0 spiro atoms. The van der Waals surface area contributed by atoms with Crippen molar-refractivity contribution in [2.75, 3.05) is 11.9 Å². The van der Waals surface area contributed by atoms with Crippen molar-refractivity contribution in [2.24, 2.45) is 14.1 Å². The minimum atomic E-state index is -0.843. The van der Waals surface area contributed by atoms with Gasteiger partial charge in [0.2, 0.25) is 5.95 Å². The summed E-state index contributed by atoms with van der Waals surface area (Å²) in [7, 11) is 4.92. The van der Waals surface area contributed by atoms with Gasteiger partial charge in [-0.25, -0.2) is 4.79 Å². The number of anilines is 1. The molecule has 2 aromatic carbocycles. The predicted molar refractivity (Wildman–Crippen MR) is 120 cm³/mol. The summed E-state index contributed by atoms with van der Waals surface area (Å²) in [6, 6.07) is 19.2. The second-order valence-corrected chi connectivity index (χ2v) is 7.67. The molecule has 8 heteroatoms. The number of rotatable bonds is 6. The third kappa shape index (κ3) is 3.77. The zero-order chi connectivity index (χ0) is 22.1. The molecule has 31 heavy (non-hydrogen) atoms. The van der Waals surface area contributed by atoms with Crippen LogP contribution in [0.15, 0.2) is 70.3 Å². The van der Waals surface area contributed by atoms with Crippen LogP contribution in [0.5, 0.6) is 0 Å². The van der Waals surface area contributed by atoms with Gasteiger partial charge in [-0.15, -0.1) is 0 Å². The van der Waals surface area contributed by atoms with Gasteiger partial charge in [0.15, 0.2) is 11.2 Å². The molecule has 0 bridgehead atoms. The van der Waals surface area contributed by atoms with Gasteiger partial charge in [-0.05, 0) is 11.1 Å². The summed E-state index contributed by atoms with van der Waals surface area (Å²) in [5.74, 6) is 0.507. The number of aliphatic hydroxyl groups excluding tert-OH is 1. The number of aromatic nitrogens is 4. The lowest BCUT2D eigenvalue weighted by molar-refractivity contribution is 0.158. The molecule has 4 rings (SSSR count). The Kier molecular flexibility index (Phi) is 5.48. The fourth-order valence-electron chi connectivity index (χ4n) is 3.78. The van der Waals surface area contributed by atoms with Crippen LogP contribution in [0.4, 0.5) is 5.95 Å². The summed E-state index contributed by atoms with van der Waals surface area (Å²) in [5.41, 5.74) is 1.52. The highest BCUT2D eigenvalue weighted by atomic mass is 16.3. The molecular formula is C23H25N5O3. The van der Waals surface area contributed by atoms with E-state index in [9.17, 15) is 14.7 Å². The van der Waals surface area contributed by atoms with E-state index in [1.807, 2.05) is 72.6 Å². The molecule has 160 valence electrons. The fraction of sp³-hybridized carbons (Fsp3) is 0.261. The molecule has 1 atom stereocenters. The number of fused-ring (bicyclic) bond motifs is 1. The molecule has 0 fully saturated rings. The molecule has 0 amide bonds. The molecule has 0 aliphatic carbocycles. The highest BCUT2D eigenvalue weighted by Gasteiger charge is 2.23. The smallest absolute Gasteiger partial charge is 0.332 e. The molecule has 0 radical (unpaired) electrons. The Morgan fingerprint density at radius 2 is 1.58 bits per heavy atom. The van der Waals surface area contributed by atoms with Gasteiger partial charge < -0.3 is 14.6 Å². The Bertz CT molecular complexity index is 1320. The van der Waals surface area contributed by atoms with Crippen molar-refractivity contribution in [3.63, 3.8) is 0 Å². The van der Waals surface area contributed by atoms with Crippen LogP contribution in [-0.2, 0) is 27.2 Å². The standard InChI is InChI=1S/C23H25N5O3/c1-25(14-16-10-6-4-7-11-16)22-24-20-19(21(30)27(3)23(31)26(20)2)28(22)15-18(29)17-12-8-5-9-13-17/h4-13,18,29H,14-15H2,1-3H3/t18-/m1/s1. The third-order valence-corrected chi connectivity index (χ3v) is 5.47. The molecule has 0 saturated carbocycles. The van der Waals surface area contributed by atoms with Gasteiger partial charge in [0.1, 0.15) is 0 Å². The topological polar surface area (TPSA) is 85.3 Å². The molecule has 2 heterocycles. The minimum Gasteiger partial charge on any atom is -0.387 e. The summed E-state index contributed by atoms with van der Waals surface area (Å²) in [5, 5.41) is 10.9. The van der Waals surface area contributed by atoms with Crippen LogP contribution in [-0.4, -0.2) is 30.8 Å². The zero-order valence-electron chi connectivity index (χ0n) is 17.8. The van der Waals surface area contributed by atoms with Crippen LogP contribution in [0.3, 0.4) is 0 Å². The normalized spacial score (nSPS) is 12.3. The summed E-state index contributed by atoms with van der Waals surface area (Å²) in [6.45, 7) is 0.683. The van der Waals surface area contributed by atoms with Crippen molar-refractivity contribution in [2.45, 2.75) is 19.2 Å². The molecule has 0 unspecified atom stereocenters. The Labute approximate surface area is 179 Å². The van der Waals surface area contributed by atoms with Crippen molar-refractivity contribution < 1.29 is 5.11 Å². The van der Waals surface area contributed by atoms with Gasteiger partial charge in [0, 0.05) is 27.7 Å². The molecule has 4 aromatic rings.